The molecule has 0 N–H and O–H groups in total. The summed E-state index contributed by atoms with van der Waals surface area (Å²) in [5.41, 5.74) is 3.49. The van der Waals surface area contributed by atoms with Gasteiger partial charge >= 0.3 is 0 Å². The highest BCUT2D eigenvalue weighted by Gasteiger charge is 2.21. The van der Waals surface area contributed by atoms with E-state index in [-0.39, 0.29) is 5.56 Å². The zero-order chi connectivity index (χ0) is 18.8. The molecule has 1 saturated heterocycles. The van der Waals surface area contributed by atoms with E-state index in [9.17, 15) is 4.79 Å². The van der Waals surface area contributed by atoms with Crippen molar-refractivity contribution in [3.63, 3.8) is 0 Å². The van der Waals surface area contributed by atoms with E-state index in [4.69, 9.17) is 4.98 Å². The lowest BCUT2D eigenvalue weighted by Crippen LogP contribution is -2.36. The van der Waals surface area contributed by atoms with Crippen LogP contribution in [-0.2, 0) is 13.6 Å². The van der Waals surface area contributed by atoms with Gasteiger partial charge in [-0.3, -0.25) is 9.69 Å². The minimum absolute atomic E-state index is 0.0708. The summed E-state index contributed by atoms with van der Waals surface area (Å²) in [5, 5.41) is 7.16. The summed E-state index contributed by atoms with van der Waals surface area (Å²) >= 11 is 1.56. The Morgan fingerprint density at radius 1 is 1.27 bits per heavy atom. The van der Waals surface area contributed by atoms with Gasteiger partial charge in [-0.25, -0.2) is 9.67 Å². The van der Waals surface area contributed by atoms with Crippen molar-refractivity contribution in [3.8, 4) is 10.6 Å². The topological polar surface area (TPSA) is 54.3 Å². The number of likely N-dealkylation sites (tertiary alicyclic amines) is 1. The molecule has 0 amide bonds. The molecule has 3 rings (SSSR count). The molecule has 0 aliphatic carbocycles. The van der Waals surface area contributed by atoms with Crippen LogP contribution in [0.3, 0.4) is 0 Å². The number of aromatic nitrogens is 3. The second-order valence-corrected chi connectivity index (χ2v) is 8.50. The Labute approximate surface area is 159 Å². The molecular formula is C19H29N5OS. The van der Waals surface area contributed by atoms with Crippen LogP contribution in [-0.4, -0.2) is 58.3 Å². The normalized spacial score (nSPS) is 16.5. The van der Waals surface area contributed by atoms with Crippen LogP contribution in [0, 0.1) is 19.8 Å². The maximum absolute atomic E-state index is 12.5. The number of aryl methyl sites for hydroxylation is 2. The molecule has 3 heterocycles. The molecular weight excluding hydrogens is 346 g/mol. The largest absolute Gasteiger partial charge is 0.309 e. The summed E-state index contributed by atoms with van der Waals surface area (Å²) in [6, 6.07) is 0. The number of hydrogen-bond acceptors (Lipinski definition) is 6. The molecule has 0 saturated carbocycles. The summed E-state index contributed by atoms with van der Waals surface area (Å²) in [5.74, 6) is 0.803. The van der Waals surface area contributed by atoms with E-state index < -0.39 is 0 Å². The molecule has 6 nitrogen and oxygen atoms in total. The second kappa shape index (κ2) is 7.98. The van der Waals surface area contributed by atoms with E-state index in [2.05, 4.69) is 34.4 Å². The molecule has 0 radical (unpaired) electrons. The van der Waals surface area contributed by atoms with E-state index in [1.165, 1.54) is 24.1 Å². The highest BCUT2D eigenvalue weighted by atomic mass is 32.1. The zero-order valence-electron chi connectivity index (χ0n) is 16.4. The molecule has 142 valence electrons. The van der Waals surface area contributed by atoms with Gasteiger partial charge in [0.05, 0.1) is 17.0 Å². The van der Waals surface area contributed by atoms with Crippen molar-refractivity contribution in [1.29, 1.82) is 0 Å². The Morgan fingerprint density at radius 2 is 1.96 bits per heavy atom. The number of thiazole rings is 1. The monoisotopic (exact) mass is 375 g/mol. The lowest BCUT2D eigenvalue weighted by molar-refractivity contribution is 0.156. The van der Waals surface area contributed by atoms with Crippen LogP contribution in [0.2, 0.25) is 0 Å². The molecule has 1 aliphatic rings. The van der Waals surface area contributed by atoms with Crippen molar-refractivity contribution < 1.29 is 0 Å². The van der Waals surface area contributed by atoms with Crippen LogP contribution < -0.4 is 5.56 Å². The van der Waals surface area contributed by atoms with E-state index in [0.717, 1.165) is 47.5 Å². The summed E-state index contributed by atoms with van der Waals surface area (Å²) < 4.78 is 1.41. The van der Waals surface area contributed by atoms with Gasteiger partial charge in [0.2, 0.25) is 0 Å². The fourth-order valence-corrected chi connectivity index (χ4v) is 4.57. The van der Waals surface area contributed by atoms with Crippen LogP contribution in [0.5, 0.6) is 0 Å². The maximum atomic E-state index is 12.5. The Hall–Kier alpha value is -1.57. The van der Waals surface area contributed by atoms with Gasteiger partial charge in [-0.1, -0.05) is 0 Å². The number of piperidine rings is 1. The van der Waals surface area contributed by atoms with Gasteiger partial charge in [-0.05, 0) is 65.4 Å². The van der Waals surface area contributed by atoms with E-state index in [1.54, 1.807) is 18.4 Å². The third kappa shape index (κ3) is 4.22. The quantitative estimate of drug-likeness (QED) is 0.803. The minimum Gasteiger partial charge on any atom is -0.309 e. The predicted octanol–water partition coefficient (Wildman–Crippen LogP) is 2.29. The first-order chi connectivity index (χ1) is 12.3. The van der Waals surface area contributed by atoms with E-state index >= 15 is 0 Å². The number of nitrogens with zero attached hydrogens (tertiary/aromatic N) is 5. The van der Waals surface area contributed by atoms with Crippen LogP contribution in [0.1, 0.15) is 29.8 Å². The Morgan fingerprint density at radius 3 is 2.62 bits per heavy atom. The highest BCUT2D eigenvalue weighted by Crippen LogP contribution is 2.26. The standard InChI is InChI=1S/C19H29N5OS/c1-13-14(2)21-23(5)19(25)17(13)18-20-16(12-26-18)11-24-8-6-15(7-9-24)10-22(3)4/h12,15H,6-11H2,1-5H3. The maximum Gasteiger partial charge on any atom is 0.277 e. The summed E-state index contributed by atoms with van der Waals surface area (Å²) in [7, 11) is 6.00. The molecule has 2 aromatic heterocycles. The first-order valence-electron chi connectivity index (χ1n) is 9.21. The minimum atomic E-state index is -0.0708. The van der Waals surface area contributed by atoms with Crippen molar-refractivity contribution >= 4 is 11.3 Å². The molecule has 7 heteroatoms. The van der Waals surface area contributed by atoms with Crippen molar-refractivity contribution in [2.45, 2.75) is 33.2 Å². The van der Waals surface area contributed by atoms with Crippen LogP contribution >= 0.6 is 11.3 Å². The Bertz CT molecular complexity index is 818. The average molecular weight is 376 g/mol. The van der Waals surface area contributed by atoms with Gasteiger partial charge in [0.25, 0.3) is 5.56 Å². The third-order valence-corrected chi connectivity index (χ3v) is 6.12. The highest BCUT2D eigenvalue weighted by molar-refractivity contribution is 7.13. The van der Waals surface area contributed by atoms with Gasteiger partial charge in [0.15, 0.2) is 0 Å². The molecule has 0 bridgehead atoms. The SMILES string of the molecule is Cc1nn(C)c(=O)c(-c2nc(CN3CCC(CN(C)C)CC3)cs2)c1C. The van der Waals surface area contributed by atoms with E-state index in [0.29, 0.717) is 5.56 Å². The first-order valence-corrected chi connectivity index (χ1v) is 10.1. The molecule has 0 spiro atoms. The van der Waals surface area contributed by atoms with Crippen molar-refractivity contribution in [1.82, 2.24) is 24.6 Å². The van der Waals surface area contributed by atoms with Crippen LogP contribution in [0.4, 0.5) is 0 Å². The van der Waals surface area contributed by atoms with E-state index in [1.807, 2.05) is 13.8 Å². The van der Waals surface area contributed by atoms with Crippen molar-refractivity contribution in [3.05, 3.63) is 32.7 Å². The predicted molar refractivity (Wildman–Crippen MR) is 107 cm³/mol. The van der Waals surface area contributed by atoms with Gasteiger partial charge in [-0.2, -0.15) is 5.10 Å². The third-order valence-electron chi connectivity index (χ3n) is 5.21. The molecule has 0 atom stereocenters. The zero-order valence-corrected chi connectivity index (χ0v) is 17.3. The molecule has 2 aromatic rings. The second-order valence-electron chi connectivity index (χ2n) is 7.64. The van der Waals surface area contributed by atoms with Gasteiger partial charge in [0, 0.05) is 25.5 Å². The number of hydrogen-bond donors (Lipinski definition) is 0. The van der Waals surface area contributed by atoms with Crippen molar-refractivity contribution in [2.75, 3.05) is 33.7 Å². The van der Waals surface area contributed by atoms with Gasteiger partial charge < -0.3 is 4.90 Å². The lowest BCUT2D eigenvalue weighted by atomic mass is 9.96. The van der Waals surface area contributed by atoms with Crippen molar-refractivity contribution in [2.24, 2.45) is 13.0 Å². The first kappa shape index (κ1) is 19.2. The Balaban J connectivity index is 1.70. The Kier molecular flexibility index (Phi) is 5.89. The molecule has 1 fully saturated rings. The smallest absolute Gasteiger partial charge is 0.277 e. The summed E-state index contributed by atoms with van der Waals surface area (Å²) in [4.78, 5) is 22.1. The van der Waals surface area contributed by atoms with Gasteiger partial charge in [-0.15, -0.1) is 11.3 Å². The fourth-order valence-electron chi connectivity index (χ4n) is 3.67. The molecule has 26 heavy (non-hydrogen) atoms. The molecule has 1 aliphatic heterocycles. The fraction of sp³-hybridized carbons (Fsp3) is 0.632. The van der Waals surface area contributed by atoms with Gasteiger partial charge in [0.1, 0.15) is 5.01 Å². The van der Waals surface area contributed by atoms with Crippen LogP contribution in [0.25, 0.3) is 10.6 Å². The number of rotatable bonds is 5. The lowest BCUT2D eigenvalue weighted by Gasteiger charge is -2.32. The average Bonchev–Trinajstić information content (AvgIpc) is 3.03. The summed E-state index contributed by atoms with van der Waals surface area (Å²) in [6.45, 7) is 8.19. The summed E-state index contributed by atoms with van der Waals surface area (Å²) in [6.07, 6.45) is 2.50. The molecule has 0 unspecified atom stereocenters. The molecule has 0 aromatic carbocycles. The van der Waals surface area contributed by atoms with Crippen LogP contribution in [0.15, 0.2) is 10.2 Å².